The highest BCUT2D eigenvalue weighted by Crippen LogP contribution is 2.16. The van der Waals surface area contributed by atoms with Crippen LogP contribution in [0.15, 0.2) is 41.2 Å². The fourth-order valence-corrected chi connectivity index (χ4v) is 0.792. The SMILES string of the molecule is C=C=CC[C@H](O)c1ccco1. The molecular weight excluding hydrogens is 140 g/mol. The van der Waals surface area contributed by atoms with E-state index < -0.39 is 6.10 Å². The van der Waals surface area contributed by atoms with Gasteiger partial charge < -0.3 is 9.52 Å². The normalized spacial score (nSPS) is 12.1. The van der Waals surface area contributed by atoms with Gasteiger partial charge >= 0.3 is 0 Å². The minimum absolute atomic E-state index is 0.497. The van der Waals surface area contributed by atoms with Gasteiger partial charge in [0.2, 0.25) is 0 Å². The molecule has 1 heterocycles. The minimum atomic E-state index is -0.570. The van der Waals surface area contributed by atoms with E-state index in [1.165, 1.54) is 6.26 Å². The second-order valence-corrected chi connectivity index (χ2v) is 2.18. The predicted octanol–water partition coefficient (Wildman–Crippen LogP) is 2.04. The lowest BCUT2D eigenvalue weighted by Crippen LogP contribution is -1.91. The van der Waals surface area contributed by atoms with Crippen molar-refractivity contribution in [2.24, 2.45) is 0 Å². The first-order valence-corrected chi connectivity index (χ1v) is 3.40. The van der Waals surface area contributed by atoms with Crippen molar-refractivity contribution in [3.8, 4) is 0 Å². The molecule has 58 valence electrons. The Kier molecular flexibility index (Phi) is 2.73. The molecule has 0 aromatic carbocycles. The van der Waals surface area contributed by atoms with Crippen LogP contribution in [0.25, 0.3) is 0 Å². The van der Waals surface area contributed by atoms with Gasteiger partial charge in [0.25, 0.3) is 0 Å². The lowest BCUT2D eigenvalue weighted by atomic mass is 10.2. The van der Waals surface area contributed by atoms with Crippen LogP contribution in [0, 0.1) is 0 Å². The van der Waals surface area contributed by atoms with E-state index in [2.05, 4.69) is 12.3 Å². The molecule has 1 aromatic rings. The van der Waals surface area contributed by atoms with Crippen LogP contribution in [0.5, 0.6) is 0 Å². The molecule has 0 saturated carbocycles. The highest BCUT2D eigenvalue weighted by atomic mass is 16.4. The number of aliphatic hydroxyl groups is 1. The van der Waals surface area contributed by atoms with Crippen molar-refractivity contribution in [3.63, 3.8) is 0 Å². The van der Waals surface area contributed by atoms with Gasteiger partial charge in [0.15, 0.2) is 0 Å². The van der Waals surface area contributed by atoms with E-state index in [0.29, 0.717) is 12.2 Å². The minimum Gasteiger partial charge on any atom is -0.467 e. The summed E-state index contributed by atoms with van der Waals surface area (Å²) >= 11 is 0. The van der Waals surface area contributed by atoms with Crippen molar-refractivity contribution >= 4 is 0 Å². The third-order valence-corrected chi connectivity index (χ3v) is 1.36. The summed E-state index contributed by atoms with van der Waals surface area (Å²) in [4.78, 5) is 0. The van der Waals surface area contributed by atoms with Crippen molar-refractivity contribution in [2.75, 3.05) is 0 Å². The zero-order valence-electron chi connectivity index (χ0n) is 6.16. The molecule has 2 nitrogen and oxygen atoms in total. The van der Waals surface area contributed by atoms with E-state index in [4.69, 9.17) is 4.42 Å². The van der Waals surface area contributed by atoms with E-state index >= 15 is 0 Å². The van der Waals surface area contributed by atoms with Crippen LogP contribution < -0.4 is 0 Å². The molecule has 2 heteroatoms. The van der Waals surface area contributed by atoms with Gasteiger partial charge in [0.1, 0.15) is 11.9 Å². The second kappa shape index (κ2) is 3.81. The summed E-state index contributed by atoms with van der Waals surface area (Å²) in [7, 11) is 0. The van der Waals surface area contributed by atoms with Gasteiger partial charge in [-0.3, -0.25) is 0 Å². The molecule has 0 aliphatic heterocycles. The van der Waals surface area contributed by atoms with Gasteiger partial charge in [0, 0.05) is 6.42 Å². The average molecular weight is 150 g/mol. The molecule has 0 amide bonds. The van der Waals surface area contributed by atoms with Crippen molar-refractivity contribution in [1.82, 2.24) is 0 Å². The number of hydrogen-bond acceptors (Lipinski definition) is 2. The van der Waals surface area contributed by atoms with Crippen LogP contribution >= 0.6 is 0 Å². The van der Waals surface area contributed by atoms with Crippen LogP contribution in [0.3, 0.4) is 0 Å². The number of hydrogen-bond donors (Lipinski definition) is 1. The van der Waals surface area contributed by atoms with Gasteiger partial charge in [-0.2, -0.15) is 0 Å². The van der Waals surface area contributed by atoms with Gasteiger partial charge in [0.05, 0.1) is 6.26 Å². The van der Waals surface area contributed by atoms with E-state index in [-0.39, 0.29) is 0 Å². The first kappa shape index (κ1) is 7.86. The van der Waals surface area contributed by atoms with E-state index in [1.807, 2.05) is 0 Å². The molecule has 0 aliphatic rings. The molecular formula is C9H10O2. The first-order valence-electron chi connectivity index (χ1n) is 3.40. The molecule has 0 bridgehead atoms. The molecule has 0 fully saturated rings. The van der Waals surface area contributed by atoms with E-state index in [1.54, 1.807) is 18.2 Å². The number of aliphatic hydroxyl groups excluding tert-OH is 1. The molecule has 0 aliphatic carbocycles. The topological polar surface area (TPSA) is 33.4 Å². The molecule has 0 radical (unpaired) electrons. The molecule has 0 saturated heterocycles. The van der Waals surface area contributed by atoms with Crippen LogP contribution in [-0.2, 0) is 0 Å². The largest absolute Gasteiger partial charge is 0.467 e. The lowest BCUT2D eigenvalue weighted by molar-refractivity contribution is 0.153. The third-order valence-electron chi connectivity index (χ3n) is 1.36. The summed E-state index contributed by atoms with van der Waals surface area (Å²) < 4.78 is 4.97. The van der Waals surface area contributed by atoms with Crippen molar-refractivity contribution in [2.45, 2.75) is 12.5 Å². The summed E-state index contributed by atoms with van der Waals surface area (Å²) in [5.41, 5.74) is 2.58. The summed E-state index contributed by atoms with van der Waals surface area (Å²) in [6.45, 7) is 3.39. The highest BCUT2D eigenvalue weighted by molar-refractivity contribution is 5.03. The van der Waals surface area contributed by atoms with Crippen LogP contribution in [0.1, 0.15) is 18.3 Å². The zero-order valence-corrected chi connectivity index (χ0v) is 6.16. The van der Waals surface area contributed by atoms with Crippen molar-refractivity contribution in [1.29, 1.82) is 0 Å². The molecule has 0 spiro atoms. The monoisotopic (exact) mass is 150 g/mol. The predicted molar refractivity (Wildman–Crippen MR) is 42.0 cm³/mol. The van der Waals surface area contributed by atoms with Gasteiger partial charge in [-0.1, -0.05) is 6.58 Å². The van der Waals surface area contributed by atoms with Crippen molar-refractivity contribution in [3.05, 3.63) is 42.5 Å². The second-order valence-electron chi connectivity index (χ2n) is 2.18. The zero-order chi connectivity index (χ0) is 8.10. The number of furan rings is 1. The Hall–Kier alpha value is -1.24. The Bertz CT molecular complexity index is 243. The Labute approximate surface area is 65.5 Å². The third kappa shape index (κ3) is 2.11. The van der Waals surface area contributed by atoms with Crippen LogP contribution in [0.4, 0.5) is 0 Å². The maximum Gasteiger partial charge on any atom is 0.132 e. The molecule has 0 unspecified atom stereocenters. The quantitative estimate of drug-likeness (QED) is 0.669. The van der Waals surface area contributed by atoms with Crippen LogP contribution in [-0.4, -0.2) is 5.11 Å². The Balaban J connectivity index is 2.55. The molecule has 1 N–H and O–H groups in total. The first-order chi connectivity index (χ1) is 5.34. The lowest BCUT2D eigenvalue weighted by Gasteiger charge is -2.01. The maximum absolute atomic E-state index is 9.35. The molecule has 1 rings (SSSR count). The standard InChI is InChI=1S/C9H10O2/c1-2-3-5-8(10)9-6-4-7-11-9/h3-4,6-8,10H,1,5H2/t8-/m0/s1. The fraction of sp³-hybridized carbons (Fsp3) is 0.222. The summed E-state index contributed by atoms with van der Waals surface area (Å²) in [5, 5.41) is 9.35. The Morgan fingerprint density at radius 1 is 1.82 bits per heavy atom. The molecule has 11 heavy (non-hydrogen) atoms. The Morgan fingerprint density at radius 2 is 2.64 bits per heavy atom. The van der Waals surface area contributed by atoms with Gasteiger partial charge in [-0.15, -0.1) is 5.73 Å². The summed E-state index contributed by atoms with van der Waals surface area (Å²) in [6, 6.07) is 3.48. The van der Waals surface area contributed by atoms with Crippen LogP contribution in [0.2, 0.25) is 0 Å². The van der Waals surface area contributed by atoms with Crippen molar-refractivity contribution < 1.29 is 9.52 Å². The smallest absolute Gasteiger partial charge is 0.132 e. The maximum atomic E-state index is 9.35. The van der Waals surface area contributed by atoms with E-state index in [9.17, 15) is 5.11 Å². The summed E-state index contributed by atoms with van der Waals surface area (Å²) in [5.74, 6) is 0.580. The van der Waals surface area contributed by atoms with Gasteiger partial charge in [-0.25, -0.2) is 0 Å². The van der Waals surface area contributed by atoms with Gasteiger partial charge in [-0.05, 0) is 18.2 Å². The fourth-order valence-electron chi connectivity index (χ4n) is 0.792. The molecule has 1 atom stereocenters. The average Bonchev–Trinajstić information content (AvgIpc) is 2.52. The van der Waals surface area contributed by atoms with E-state index in [0.717, 1.165) is 0 Å². The summed E-state index contributed by atoms with van der Waals surface area (Å²) in [6.07, 6.45) is 3.14. The molecule has 1 aromatic heterocycles. The number of rotatable bonds is 3. The Morgan fingerprint density at radius 3 is 3.18 bits per heavy atom. The highest BCUT2D eigenvalue weighted by Gasteiger charge is 2.06.